The molecule has 0 bridgehead atoms. The molecule has 0 amide bonds. The minimum atomic E-state index is -4.24. The summed E-state index contributed by atoms with van der Waals surface area (Å²) < 4.78 is 48.4. The number of nitrogens with one attached hydrogen (secondary N) is 1. The Balaban J connectivity index is 2.51. The van der Waals surface area contributed by atoms with Gasteiger partial charge in [-0.1, -0.05) is 0 Å². The Bertz CT molecular complexity index is 335. The van der Waals surface area contributed by atoms with Crippen LogP contribution in [0.25, 0.3) is 0 Å². The van der Waals surface area contributed by atoms with E-state index in [0.29, 0.717) is 0 Å². The van der Waals surface area contributed by atoms with Crippen molar-refractivity contribution in [2.24, 2.45) is 0 Å². The van der Waals surface area contributed by atoms with Crippen LogP contribution in [0.15, 0.2) is 18.2 Å². The van der Waals surface area contributed by atoms with Gasteiger partial charge in [-0.2, -0.15) is 13.2 Å². The fourth-order valence-electron chi connectivity index (χ4n) is 1.01. The van der Waals surface area contributed by atoms with E-state index < -0.39 is 18.4 Å². The Morgan fingerprint density at radius 3 is 2.47 bits per heavy atom. The van der Waals surface area contributed by atoms with E-state index >= 15 is 0 Å². The number of hydrogen-bond acceptors (Lipinski definition) is 2. The first kappa shape index (κ1) is 11.6. The van der Waals surface area contributed by atoms with E-state index in [1.54, 1.807) is 0 Å². The van der Waals surface area contributed by atoms with E-state index in [-0.39, 0.29) is 17.9 Å². The Hall–Kier alpha value is -1.46. The van der Waals surface area contributed by atoms with Gasteiger partial charge in [-0.05, 0) is 18.2 Å². The van der Waals surface area contributed by atoms with Gasteiger partial charge < -0.3 is 11.1 Å². The summed E-state index contributed by atoms with van der Waals surface area (Å²) >= 11 is 0. The van der Waals surface area contributed by atoms with Crippen LogP contribution in [0.1, 0.15) is 6.42 Å². The van der Waals surface area contributed by atoms with Gasteiger partial charge in [0.25, 0.3) is 0 Å². The van der Waals surface area contributed by atoms with Crippen LogP contribution in [-0.2, 0) is 0 Å². The molecule has 0 unspecified atom stereocenters. The van der Waals surface area contributed by atoms with E-state index in [2.05, 4.69) is 5.32 Å². The molecule has 1 aromatic rings. The van der Waals surface area contributed by atoms with Crippen LogP contribution >= 0.6 is 0 Å². The van der Waals surface area contributed by atoms with Gasteiger partial charge in [0.1, 0.15) is 5.82 Å². The number of nitrogens with two attached hydrogens (primary N) is 1. The maximum Gasteiger partial charge on any atom is 0.390 e. The van der Waals surface area contributed by atoms with Crippen molar-refractivity contribution in [3.8, 4) is 0 Å². The largest absolute Gasteiger partial charge is 0.399 e. The van der Waals surface area contributed by atoms with Crippen molar-refractivity contribution < 1.29 is 17.6 Å². The Labute approximate surface area is 84.1 Å². The predicted molar refractivity (Wildman–Crippen MR) is 50.0 cm³/mol. The van der Waals surface area contributed by atoms with E-state index in [1.807, 2.05) is 0 Å². The normalized spacial score (nSPS) is 11.5. The van der Waals surface area contributed by atoms with Gasteiger partial charge in [-0.3, -0.25) is 0 Å². The minimum absolute atomic E-state index is 0.0217. The first-order valence-electron chi connectivity index (χ1n) is 4.24. The summed E-state index contributed by atoms with van der Waals surface area (Å²) in [6.07, 6.45) is -5.24. The molecule has 84 valence electrons. The van der Waals surface area contributed by atoms with Gasteiger partial charge in [0.15, 0.2) is 0 Å². The highest BCUT2D eigenvalue weighted by molar-refractivity contribution is 5.52. The molecule has 0 heterocycles. The molecule has 3 N–H and O–H groups in total. The van der Waals surface area contributed by atoms with Gasteiger partial charge in [0.05, 0.1) is 12.1 Å². The number of hydrogen-bond donors (Lipinski definition) is 2. The molecule has 15 heavy (non-hydrogen) atoms. The number of alkyl halides is 3. The summed E-state index contributed by atoms with van der Waals surface area (Å²) in [6, 6.07) is 3.77. The molecule has 6 heteroatoms. The predicted octanol–water partition coefficient (Wildman–Crippen LogP) is 2.77. The lowest BCUT2D eigenvalue weighted by molar-refractivity contribution is -0.131. The molecule has 1 aromatic carbocycles. The molecule has 0 atom stereocenters. The number of halogens is 4. The lowest BCUT2D eigenvalue weighted by Gasteiger charge is -2.09. The molecular weight excluding hydrogens is 212 g/mol. The molecular formula is C9H10F4N2. The Morgan fingerprint density at radius 1 is 1.27 bits per heavy atom. The zero-order valence-corrected chi connectivity index (χ0v) is 7.74. The molecule has 0 radical (unpaired) electrons. The molecule has 0 aliphatic rings. The van der Waals surface area contributed by atoms with Crippen molar-refractivity contribution in [3.05, 3.63) is 24.0 Å². The molecule has 0 spiro atoms. The fourth-order valence-corrected chi connectivity index (χ4v) is 1.01. The van der Waals surface area contributed by atoms with Gasteiger partial charge >= 0.3 is 6.18 Å². The van der Waals surface area contributed by atoms with Crippen molar-refractivity contribution in [1.29, 1.82) is 0 Å². The molecule has 0 saturated heterocycles. The van der Waals surface area contributed by atoms with Crippen molar-refractivity contribution in [1.82, 2.24) is 0 Å². The first-order chi connectivity index (χ1) is 6.88. The molecule has 0 fully saturated rings. The smallest absolute Gasteiger partial charge is 0.390 e. The molecule has 0 saturated carbocycles. The highest BCUT2D eigenvalue weighted by atomic mass is 19.4. The van der Waals surface area contributed by atoms with Crippen LogP contribution < -0.4 is 11.1 Å². The summed E-state index contributed by atoms with van der Waals surface area (Å²) in [5.41, 5.74) is 5.53. The average Bonchev–Trinajstić information content (AvgIpc) is 2.07. The summed E-state index contributed by atoms with van der Waals surface area (Å²) in [5, 5.41) is 2.35. The second kappa shape index (κ2) is 4.37. The van der Waals surface area contributed by atoms with Gasteiger partial charge in [-0.25, -0.2) is 4.39 Å². The third kappa shape index (κ3) is 4.05. The summed E-state index contributed by atoms with van der Waals surface area (Å²) in [5.74, 6) is -0.655. The molecule has 1 rings (SSSR count). The zero-order valence-electron chi connectivity index (χ0n) is 7.74. The standard InChI is InChI=1S/C9H10F4N2/c10-7-5-6(14)1-2-8(7)15-4-3-9(11,12)13/h1-2,5,15H,3-4,14H2. The van der Waals surface area contributed by atoms with Gasteiger partial charge in [0.2, 0.25) is 0 Å². The second-order valence-corrected chi connectivity index (χ2v) is 3.03. The molecule has 0 aromatic heterocycles. The van der Waals surface area contributed by atoms with E-state index in [0.717, 1.165) is 6.07 Å². The number of benzene rings is 1. The highest BCUT2D eigenvalue weighted by Crippen LogP contribution is 2.21. The summed E-state index contributed by atoms with van der Waals surface area (Å²) in [4.78, 5) is 0. The van der Waals surface area contributed by atoms with Crippen LogP contribution in [-0.4, -0.2) is 12.7 Å². The SMILES string of the molecule is Nc1ccc(NCCC(F)(F)F)c(F)c1. The summed E-state index contributed by atoms with van der Waals surface area (Å²) in [7, 11) is 0. The molecule has 0 aliphatic heterocycles. The van der Waals surface area contributed by atoms with Crippen molar-refractivity contribution in [2.45, 2.75) is 12.6 Å². The Kier molecular flexibility index (Phi) is 3.39. The summed E-state index contributed by atoms with van der Waals surface area (Å²) in [6.45, 7) is -0.357. The van der Waals surface area contributed by atoms with Crippen molar-refractivity contribution >= 4 is 11.4 Å². The van der Waals surface area contributed by atoms with Gasteiger partial charge in [-0.15, -0.1) is 0 Å². The minimum Gasteiger partial charge on any atom is -0.399 e. The third-order valence-corrected chi connectivity index (χ3v) is 1.72. The van der Waals surface area contributed by atoms with Crippen molar-refractivity contribution in [2.75, 3.05) is 17.6 Å². The van der Waals surface area contributed by atoms with E-state index in [1.165, 1.54) is 12.1 Å². The van der Waals surface area contributed by atoms with Crippen LogP contribution in [0.5, 0.6) is 0 Å². The number of rotatable bonds is 3. The second-order valence-electron chi connectivity index (χ2n) is 3.03. The first-order valence-corrected chi connectivity index (χ1v) is 4.24. The maximum absolute atomic E-state index is 13.0. The fraction of sp³-hybridized carbons (Fsp3) is 0.333. The van der Waals surface area contributed by atoms with Crippen LogP contribution in [0.3, 0.4) is 0 Å². The van der Waals surface area contributed by atoms with E-state index in [9.17, 15) is 17.6 Å². The maximum atomic E-state index is 13.0. The van der Waals surface area contributed by atoms with Crippen LogP contribution in [0.4, 0.5) is 28.9 Å². The Morgan fingerprint density at radius 2 is 1.93 bits per heavy atom. The zero-order chi connectivity index (χ0) is 11.5. The number of nitrogen functional groups attached to an aromatic ring is 1. The lowest BCUT2D eigenvalue weighted by atomic mass is 10.2. The van der Waals surface area contributed by atoms with Gasteiger partial charge in [0, 0.05) is 12.2 Å². The van der Waals surface area contributed by atoms with E-state index in [4.69, 9.17) is 5.73 Å². The molecule has 0 aliphatic carbocycles. The van der Waals surface area contributed by atoms with Crippen LogP contribution in [0.2, 0.25) is 0 Å². The third-order valence-electron chi connectivity index (χ3n) is 1.72. The topological polar surface area (TPSA) is 38.0 Å². The number of anilines is 2. The lowest BCUT2D eigenvalue weighted by Crippen LogP contribution is -2.15. The van der Waals surface area contributed by atoms with Crippen molar-refractivity contribution in [3.63, 3.8) is 0 Å². The monoisotopic (exact) mass is 222 g/mol. The van der Waals surface area contributed by atoms with Crippen LogP contribution in [0, 0.1) is 5.82 Å². The average molecular weight is 222 g/mol. The quantitative estimate of drug-likeness (QED) is 0.609. The molecule has 2 nitrogen and oxygen atoms in total. The highest BCUT2D eigenvalue weighted by Gasteiger charge is 2.26.